The number of methoxy groups -OCH3 is 2. The van der Waals surface area contributed by atoms with Gasteiger partial charge in [-0.25, -0.2) is 14.5 Å². The lowest BCUT2D eigenvalue weighted by Crippen LogP contribution is -2.13. The van der Waals surface area contributed by atoms with E-state index in [2.05, 4.69) is 21.7 Å². The van der Waals surface area contributed by atoms with Gasteiger partial charge in [-0.1, -0.05) is 103 Å². The molecule has 0 spiro atoms. The largest absolute Gasteiger partial charge is 0.543 e. The van der Waals surface area contributed by atoms with Crippen LogP contribution in [0.5, 0.6) is 11.5 Å². The molecule has 8 heteroatoms. The smallest absolute Gasteiger partial charge is 0.497 e. The Morgan fingerprint density at radius 3 is 1.69 bits per heavy atom. The minimum atomic E-state index is -1.06. The lowest BCUT2D eigenvalue weighted by molar-refractivity contribution is -0.452. The molecule has 1 rings (SSSR count). The molecule has 0 N–H and O–H groups in total. The molecule has 0 heterocycles. The third-order valence-corrected chi connectivity index (χ3v) is 6.06. The third kappa shape index (κ3) is 15.5. The first kappa shape index (κ1) is 31.5. The van der Waals surface area contributed by atoms with E-state index in [0.717, 1.165) is 19.3 Å². The molecule has 0 atom stereocenters. The zero-order chi connectivity index (χ0) is 26.3. The summed E-state index contributed by atoms with van der Waals surface area (Å²) in [4.78, 5) is 32.3. The van der Waals surface area contributed by atoms with Crippen molar-refractivity contribution in [2.45, 2.75) is 110 Å². The van der Waals surface area contributed by atoms with Crippen LogP contribution in [0.4, 0.5) is 4.79 Å². The predicted octanol–water partition coefficient (Wildman–Crippen LogP) is 8.12. The summed E-state index contributed by atoms with van der Waals surface area (Å²) in [6.07, 6.45) is 19.3. The van der Waals surface area contributed by atoms with Crippen molar-refractivity contribution in [1.82, 2.24) is 0 Å². The van der Waals surface area contributed by atoms with Crippen molar-refractivity contribution in [3.63, 3.8) is 0 Å². The molecular formula is C28H46O8. The van der Waals surface area contributed by atoms with E-state index in [0.29, 0.717) is 5.75 Å². The number of carbonyl (C=O) groups is 2. The van der Waals surface area contributed by atoms with Crippen molar-refractivity contribution in [3.05, 3.63) is 23.8 Å². The average molecular weight is 511 g/mol. The average Bonchev–Trinajstić information content (AvgIpc) is 2.89. The summed E-state index contributed by atoms with van der Waals surface area (Å²) in [5, 5.41) is 4.24. The van der Waals surface area contributed by atoms with E-state index in [1.807, 2.05) is 0 Å². The Kier molecular flexibility index (Phi) is 19.1. The molecule has 0 aliphatic heterocycles. The van der Waals surface area contributed by atoms with Crippen molar-refractivity contribution >= 4 is 12.1 Å². The van der Waals surface area contributed by atoms with Crippen LogP contribution in [0.15, 0.2) is 18.2 Å². The number of unbranched alkanes of at least 4 members (excludes halogenated alkanes) is 15. The Bertz CT molecular complexity index is 707. The maximum absolute atomic E-state index is 12.0. The molecule has 0 saturated heterocycles. The highest BCUT2D eigenvalue weighted by atomic mass is 17.5. The zero-order valence-electron chi connectivity index (χ0n) is 22.5. The number of hydrogen-bond donors (Lipinski definition) is 0. The molecule has 0 aromatic heterocycles. The first-order chi connectivity index (χ1) is 17.6. The summed E-state index contributed by atoms with van der Waals surface area (Å²) in [5.74, 6) is -0.146. The van der Waals surface area contributed by atoms with Gasteiger partial charge >= 0.3 is 12.1 Å². The van der Waals surface area contributed by atoms with Gasteiger partial charge in [0.1, 0.15) is 17.1 Å². The highest BCUT2D eigenvalue weighted by Gasteiger charge is 2.17. The summed E-state index contributed by atoms with van der Waals surface area (Å²) in [5.41, 5.74) is 0.0865. The zero-order valence-corrected chi connectivity index (χ0v) is 22.5. The number of rotatable bonds is 22. The first-order valence-electron chi connectivity index (χ1n) is 13.6. The van der Waals surface area contributed by atoms with E-state index < -0.39 is 12.1 Å². The number of ether oxygens (including phenoxy) is 3. The molecule has 8 nitrogen and oxygen atoms in total. The maximum Gasteiger partial charge on any atom is 0.543 e. The van der Waals surface area contributed by atoms with Crippen molar-refractivity contribution < 1.29 is 38.6 Å². The van der Waals surface area contributed by atoms with E-state index in [1.165, 1.54) is 110 Å². The van der Waals surface area contributed by atoms with Crippen LogP contribution in [0.1, 0.15) is 120 Å². The molecule has 0 aliphatic carbocycles. The molecule has 0 amide bonds. The fourth-order valence-electron chi connectivity index (χ4n) is 3.92. The second-order valence-corrected chi connectivity index (χ2v) is 8.99. The van der Waals surface area contributed by atoms with Crippen LogP contribution in [0.25, 0.3) is 0 Å². The topological polar surface area (TPSA) is 89.5 Å². The molecule has 1 aromatic carbocycles. The third-order valence-electron chi connectivity index (χ3n) is 6.06. The van der Waals surface area contributed by atoms with Crippen LogP contribution < -0.4 is 9.47 Å². The molecule has 0 aliphatic rings. The van der Waals surface area contributed by atoms with Crippen molar-refractivity contribution in [1.29, 1.82) is 0 Å². The Hall–Kier alpha value is -2.48. The van der Waals surface area contributed by atoms with E-state index in [9.17, 15) is 9.59 Å². The molecule has 36 heavy (non-hydrogen) atoms. The molecule has 0 radical (unpaired) electrons. The van der Waals surface area contributed by atoms with Gasteiger partial charge in [0.15, 0.2) is 0 Å². The van der Waals surface area contributed by atoms with Gasteiger partial charge in [-0.3, -0.25) is 4.89 Å². The normalized spacial score (nSPS) is 10.6. The van der Waals surface area contributed by atoms with E-state index >= 15 is 0 Å². The minimum Gasteiger partial charge on any atom is -0.497 e. The monoisotopic (exact) mass is 510 g/mol. The van der Waals surface area contributed by atoms with Crippen molar-refractivity contribution in [2.24, 2.45) is 0 Å². The second kappa shape index (κ2) is 21.8. The van der Waals surface area contributed by atoms with Crippen LogP contribution in [-0.4, -0.2) is 33.0 Å². The van der Waals surface area contributed by atoms with E-state index in [1.54, 1.807) is 6.07 Å². The minimum absolute atomic E-state index is 0.0865. The van der Waals surface area contributed by atoms with Crippen LogP contribution in [0, 0.1) is 0 Å². The van der Waals surface area contributed by atoms with Gasteiger partial charge in [-0.15, -0.1) is 0 Å². The fourth-order valence-corrected chi connectivity index (χ4v) is 3.92. The van der Waals surface area contributed by atoms with E-state index in [4.69, 9.17) is 14.2 Å². The summed E-state index contributed by atoms with van der Waals surface area (Å²) >= 11 is 0. The Morgan fingerprint density at radius 1 is 0.667 bits per heavy atom. The SMILES string of the molecule is CCCCCCCCCCCCCCCCCCOC(=O)OOOC(=O)c1ccc(OC)cc1OC. The molecular weight excluding hydrogens is 464 g/mol. The van der Waals surface area contributed by atoms with Crippen molar-refractivity contribution in [3.8, 4) is 11.5 Å². The summed E-state index contributed by atoms with van der Waals surface area (Å²) < 4.78 is 15.1. The molecule has 0 saturated carbocycles. The number of benzene rings is 1. The van der Waals surface area contributed by atoms with E-state index in [-0.39, 0.29) is 17.9 Å². The van der Waals surface area contributed by atoms with Gasteiger partial charge in [0, 0.05) is 6.07 Å². The highest BCUT2D eigenvalue weighted by molar-refractivity contribution is 5.92. The predicted molar refractivity (Wildman–Crippen MR) is 138 cm³/mol. The Balaban J connectivity index is 1.92. The lowest BCUT2D eigenvalue weighted by Gasteiger charge is -2.08. The maximum atomic E-state index is 12.0. The fraction of sp³-hybridized carbons (Fsp3) is 0.714. The van der Waals surface area contributed by atoms with Gasteiger partial charge in [0.2, 0.25) is 0 Å². The van der Waals surface area contributed by atoms with Crippen LogP contribution in [-0.2, 0) is 19.6 Å². The summed E-state index contributed by atoms with van der Waals surface area (Å²) in [6.45, 7) is 2.48. The van der Waals surface area contributed by atoms with Gasteiger partial charge in [-0.05, 0) is 18.6 Å². The standard InChI is InChI=1S/C28H46O8/c1-4-5-6-7-8-9-10-11-12-13-14-15-16-17-18-19-22-33-28(30)35-36-34-27(29)25-21-20-24(31-2)23-26(25)32-3/h20-21,23H,4-19,22H2,1-3H3. The number of hydrogen-bond acceptors (Lipinski definition) is 8. The molecule has 1 aromatic rings. The highest BCUT2D eigenvalue weighted by Crippen LogP contribution is 2.25. The van der Waals surface area contributed by atoms with Gasteiger partial charge in [0.25, 0.3) is 0 Å². The van der Waals surface area contributed by atoms with Crippen LogP contribution >= 0.6 is 0 Å². The Labute approximate surface area is 216 Å². The van der Waals surface area contributed by atoms with Gasteiger partial charge in [-0.2, -0.15) is 0 Å². The van der Waals surface area contributed by atoms with Crippen LogP contribution in [0.2, 0.25) is 0 Å². The molecule has 0 fully saturated rings. The molecule has 206 valence electrons. The first-order valence-corrected chi connectivity index (χ1v) is 13.6. The Morgan fingerprint density at radius 2 is 1.19 bits per heavy atom. The molecule has 0 bridgehead atoms. The summed E-state index contributed by atoms with van der Waals surface area (Å²) in [6, 6.07) is 4.52. The van der Waals surface area contributed by atoms with Gasteiger partial charge < -0.3 is 14.2 Å². The summed E-state index contributed by atoms with van der Waals surface area (Å²) in [7, 11) is 2.90. The van der Waals surface area contributed by atoms with Gasteiger partial charge in [0.05, 0.1) is 25.9 Å². The number of carbonyl (C=O) groups excluding carboxylic acids is 2. The lowest BCUT2D eigenvalue weighted by atomic mass is 10.0. The van der Waals surface area contributed by atoms with Crippen molar-refractivity contribution in [2.75, 3.05) is 20.8 Å². The second-order valence-electron chi connectivity index (χ2n) is 8.99. The van der Waals surface area contributed by atoms with Crippen LogP contribution in [0.3, 0.4) is 0 Å². The quantitative estimate of drug-likeness (QED) is 0.0668. The molecule has 0 unspecified atom stereocenters.